The molecular weight excluding hydrogens is 813 g/mol. The number of hydrogen-bond donors (Lipinski definition) is 4. The van der Waals surface area contributed by atoms with Gasteiger partial charge in [-0.2, -0.15) is 0 Å². The van der Waals surface area contributed by atoms with Crippen LogP contribution >= 0.6 is 0 Å². The van der Waals surface area contributed by atoms with E-state index in [0.717, 1.165) is 75.0 Å². The molecule has 3 aromatic heterocycles. The number of hydrogen-bond acceptors (Lipinski definition) is 8. The summed E-state index contributed by atoms with van der Waals surface area (Å²) >= 11 is 0. The standard InChI is InChI=1S/C55H76N4O6/c1-13-39-34(7)41-29-46-48(38(11)60)36(9)43(57-46)27-42-35(8)40(52(58-42)50-51(55(63)64-12)54(62)49-37(10)44(59-53(49)50)28-45(39)56-41)23-24-47(61)65-26-25-33(6)22-16-21-32(5)20-15-19-31(4)18-14-17-30(2)3/h13,25,27-32,34-35,40,51,57,59-60,62H,14-24,26H2,1-12H3/b33-25+,39-13+,42-27?,45-28?,46-29?,48-38?. The summed E-state index contributed by atoms with van der Waals surface area (Å²) in [6.07, 6.45) is 15.9. The van der Waals surface area contributed by atoms with E-state index in [4.69, 9.17) is 19.4 Å². The average molecular weight is 889 g/mol. The SMILES string of the molecule is C/C=C1/c2cc3[nH]c4c(c5nc(cc6[nH]c(cc(n2)C1C)c(=C(C)O)c6C)C(C)C5CCC(=O)OC/C=C(\C)CCCC(C)CCCC(C)CCCC(C)C)C(C(=O)OC)C(O)=c4c3C. The van der Waals surface area contributed by atoms with Crippen LogP contribution in [0, 0.1) is 31.6 Å². The van der Waals surface area contributed by atoms with E-state index in [1.165, 1.54) is 57.6 Å². The Morgan fingerprint density at radius 1 is 0.846 bits per heavy atom. The summed E-state index contributed by atoms with van der Waals surface area (Å²) in [5, 5.41) is 24.2. The van der Waals surface area contributed by atoms with Gasteiger partial charge in [-0.05, 0) is 113 Å². The number of carbonyl (C=O) groups is 2. The number of aryl methyl sites for hydroxylation is 2. The van der Waals surface area contributed by atoms with Gasteiger partial charge in [-0.25, -0.2) is 0 Å². The Morgan fingerprint density at radius 3 is 2.14 bits per heavy atom. The minimum absolute atomic E-state index is 0.0158. The topological polar surface area (TPSA) is 150 Å². The summed E-state index contributed by atoms with van der Waals surface area (Å²) in [7, 11) is 1.32. The number of rotatable bonds is 18. The van der Waals surface area contributed by atoms with Crippen LogP contribution in [0.1, 0.15) is 196 Å². The lowest BCUT2D eigenvalue weighted by Gasteiger charge is -2.19. The van der Waals surface area contributed by atoms with Gasteiger partial charge in [-0.1, -0.05) is 98.1 Å². The van der Waals surface area contributed by atoms with Crippen molar-refractivity contribution in [2.45, 2.75) is 170 Å². The van der Waals surface area contributed by atoms with Gasteiger partial charge in [-0.15, -0.1) is 0 Å². The van der Waals surface area contributed by atoms with Gasteiger partial charge in [-0.3, -0.25) is 19.6 Å². The van der Waals surface area contributed by atoms with E-state index in [2.05, 4.69) is 64.5 Å². The summed E-state index contributed by atoms with van der Waals surface area (Å²) in [5.41, 5.74) is 10.4. The lowest BCUT2D eigenvalue weighted by Crippen LogP contribution is -2.18. The molecule has 3 aliphatic rings. The predicted molar refractivity (Wildman–Crippen MR) is 264 cm³/mol. The molecular formula is C55H76N4O6. The lowest BCUT2D eigenvalue weighted by molar-refractivity contribution is -0.143. The third-order valence-electron chi connectivity index (χ3n) is 14.5. The molecule has 0 radical (unpaired) electrons. The summed E-state index contributed by atoms with van der Waals surface area (Å²) < 4.78 is 11.1. The molecule has 6 rings (SSSR count). The average Bonchev–Trinajstić information content (AvgIpc) is 4.00. The fourth-order valence-electron chi connectivity index (χ4n) is 10.5. The van der Waals surface area contributed by atoms with Crippen molar-refractivity contribution in [2.24, 2.45) is 17.8 Å². The first-order valence-corrected chi connectivity index (χ1v) is 24.4. The van der Waals surface area contributed by atoms with Crippen molar-refractivity contribution in [3.63, 3.8) is 0 Å². The van der Waals surface area contributed by atoms with Crippen LogP contribution in [-0.4, -0.2) is 55.8 Å². The van der Waals surface area contributed by atoms with E-state index in [9.17, 15) is 19.8 Å². The third-order valence-corrected chi connectivity index (χ3v) is 14.5. The molecule has 5 heterocycles. The Hall–Kier alpha value is -5.12. The van der Waals surface area contributed by atoms with Crippen LogP contribution in [0.15, 0.2) is 35.9 Å². The van der Waals surface area contributed by atoms with E-state index in [1.54, 1.807) is 6.92 Å². The molecule has 1 aliphatic carbocycles. The van der Waals surface area contributed by atoms with Crippen molar-refractivity contribution in [2.75, 3.05) is 13.7 Å². The Labute approximate surface area is 386 Å². The number of aliphatic hydroxyl groups is 2. The van der Waals surface area contributed by atoms with Crippen LogP contribution in [0.2, 0.25) is 0 Å². The molecule has 6 unspecified atom stereocenters. The van der Waals surface area contributed by atoms with Crippen molar-refractivity contribution < 1.29 is 29.3 Å². The van der Waals surface area contributed by atoms with Gasteiger partial charge < -0.3 is 29.7 Å². The van der Waals surface area contributed by atoms with E-state index in [1.807, 2.05) is 45.0 Å². The first-order valence-electron chi connectivity index (χ1n) is 24.4. The zero-order valence-electron chi connectivity index (χ0n) is 41.3. The second-order valence-corrected chi connectivity index (χ2v) is 20.0. The van der Waals surface area contributed by atoms with Crippen LogP contribution in [0.5, 0.6) is 0 Å². The highest BCUT2D eigenvalue weighted by atomic mass is 16.5. The molecule has 4 N–H and O–H groups in total. The Morgan fingerprint density at radius 2 is 1.49 bits per heavy atom. The molecule has 0 saturated heterocycles. The van der Waals surface area contributed by atoms with Crippen LogP contribution < -0.4 is 10.4 Å². The number of carbonyl (C=O) groups excluding carboxylic acids is 2. The van der Waals surface area contributed by atoms with Gasteiger partial charge in [0.25, 0.3) is 0 Å². The monoisotopic (exact) mass is 889 g/mol. The Balaban J connectivity index is 1.26. The first kappa shape index (κ1) is 49.3. The predicted octanol–water partition coefficient (Wildman–Crippen LogP) is 12.4. The second-order valence-electron chi connectivity index (χ2n) is 20.0. The van der Waals surface area contributed by atoms with Crippen LogP contribution in [0.25, 0.3) is 39.2 Å². The highest BCUT2D eigenvalue weighted by Crippen LogP contribution is 2.46. The molecule has 65 heavy (non-hydrogen) atoms. The van der Waals surface area contributed by atoms with E-state index >= 15 is 0 Å². The molecule has 8 bridgehead atoms. The number of H-pyrrole nitrogens is 2. The van der Waals surface area contributed by atoms with Crippen molar-refractivity contribution in [3.8, 4) is 0 Å². The van der Waals surface area contributed by atoms with Gasteiger partial charge in [0.05, 0.1) is 41.0 Å². The maximum atomic E-state index is 13.7. The van der Waals surface area contributed by atoms with Crippen molar-refractivity contribution in [1.82, 2.24) is 19.9 Å². The summed E-state index contributed by atoms with van der Waals surface area (Å²) in [6, 6.07) is 6.00. The largest absolute Gasteiger partial charge is 0.512 e. The maximum Gasteiger partial charge on any atom is 0.321 e. The normalized spacial score (nSPS) is 20.4. The molecule has 3 aromatic rings. The number of aromatic nitrogens is 4. The van der Waals surface area contributed by atoms with Crippen molar-refractivity contribution in [3.05, 3.63) is 85.8 Å². The molecule has 2 aliphatic heterocycles. The number of nitrogens with zero attached hydrogens (tertiary/aromatic N) is 2. The number of ether oxygens (including phenoxy) is 2. The van der Waals surface area contributed by atoms with Crippen molar-refractivity contribution >= 4 is 51.1 Å². The molecule has 10 heteroatoms. The van der Waals surface area contributed by atoms with Gasteiger partial charge in [0.2, 0.25) is 0 Å². The smallest absolute Gasteiger partial charge is 0.321 e. The molecule has 0 spiro atoms. The number of esters is 2. The molecule has 0 saturated carbocycles. The van der Waals surface area contributed by atoms with E-state index < -0.39 is 11.9 Å². The maximum absolute atomic E-state index is 13.7. The van der Waals surface area contributed by atoms with Gasteiger partial charge >= 0.3 is 11.9 Å². The number of aromatic amines is 2. The highest BCUT2D eigenvalue weighted by Gasteiger charge is 2.41. The summed E-state index contributed by atoms with van der Waals surface area (Å²) in [6.45, 7) is 23.5. The lowest BCUT2D eigenvalue weighted by atomic mass is 9.84. The number of fused-ring (bicyclic) bond motifs is 8. The number of nitrogens with one attached hydrogen (secondary N) is 2. The van der Waals surface area contributed by atoms with Gasteiger partial charge in [0.15, 0.2) is 0 Å². The van der Waals surface area contributed by atoms with Crippen LogP contribution in [-0.2, 0) is 19.1 Å². The van der Waals surface area contributed by atoms with E-state index in [0.29, 0.717) is 39.6 Å². The fraction of sp³-hybridized carbons (Fsp3) is 0.564. The minimum atomic E-state index is -1.10. The Kier molecular flexibility index (Phi) is 16.3. The number of methoxy groups -OCH3 is 1. The van der Waals surface area contributed by atoms with Crippen LogP contribution in [0.3, 0.4) is 0 Å². The van der Waals surface area contributed by atoms with Gasteiger partial charge in [0, 0.05) is 56.9 Å². The fourth-order valence-corrected chi connectivity index (χ4v) is 10.5. The quantitative estimate of drug-likeness (QED) is 0.0728. The summed E-state index contributed by atoms with van der Waals surface area (Å²) in [4.78, 5) is 44.6. The zero-order chi connectivity index (χ0) is 47.3. The molecule has 6 atom stereocenters. The minimum Gasteiger partial charge on any atom is -0.512 e. The van der Waals surface area contributed by atoms with Crippen molar-refractivity contribution in [1.29, 1.82) is 0 Å². The van der Waals surface area contributed by atoms with Crippen LogP contribution in [0.4, 0.5) is 0 Å². The molecule has 352 valence electrons. The highest BCUT2D eigenvalue weighted by molar-refractivity contribution is 5.96. The molecule has 0 aromatic carbocycles. The number of aliphatic hydroxyl groups excluding tert-OH is 2. The second kappa shape index (κ2) is 21.5. The van der Waals surface area contributed by atoms with Gasteiger partial charge in [0.1, 0.15) is 18.3 Å². The number of allylic oxidation sites excluding steroid dienone is 3. The third kappa shape index (κ3) is 11.0. The molecule has 0 fully saturated rings. The zero-order valence-corrected chi connectivity index (χ0v) is 41.3. The first-order chi connectivity index (χ1) is 30.9. The molecule has 10 nitrogen and oxygen atoms in total. The van der Waals surface area contributed by atoms with E-state index in [-0.39, 0.29) is 48.3 Å². The summed E-state index contributed by atoms with van der Waals surface area (Å²) in [5.74, 6) is -0.0608. The Bertz CT molecular complexity index is 2610. The molecule has 0 amide bonds.